The normalized spacial score (nSPS) is 15.5. The van der Waals surface area contributed by atoms with Gasteiger partial charge in [0.2, 0.25) is 0 Å². The molecule has 2 aromatic heterocycles. The van der Waals surface area contributed by atoms with Crippen LogP contribution in [0.15, 0.2) is 46.7 Å². The fraction of sp³-hybridized carbons (Fsp3) is 0.364. The fourth-order valence-electron chi connectivity index (χ4n) is 3.69. The van der Waals surface area contributed by atoms with Crippen LogP contribution in [-0.2, 0) is 4.79 Å². The molecule has 9 heteroatoms. The van der Waals surface area contributed by atoms with E-state index in [4.69, 9.17) is 9.47 Å². The molecular formula is C22H24N4O4S. The highest BCUT2D eigenvalue weighted by atomic mass is 32.1. The van der Waals surface area contributed by atoms with Crippen LogP contribution in [0.4, 0.5) is 0 Å². The Labute approximate surface area is 183 Å². The highest BCUT2D eigenvalue weighted by Crippen LogP contribution is 2.28. The van der Waals surface area contributed by atoms with Crippen LogP contribution in [0.1, 0.15) is 31.5 Å². The summed E-state index contributed by atoms with van der Waals surface area (Å²) in [5.41, 5.74) is 0.404. The van der Waals surface area contributed by atoms with Gasteiger partial charge in [-0.3, -0.25) is 9.59 Å². The predicted octanol–water partition coefficient (Wildman–Crippen LogP) is 3.08. The number of thiazole rings is 1. The maximum atomic E-state index is 12.9. The monoisotopic (exact) mass is 440 g/mol. The Balaban J connectivity index is 1.38. The number of aromatic amines is 1. The molecule has 1 atom stereocenters. The molecule has 3 aromatic rings. The number of methoxy groups -OCH3 is 1. The van der Waals surface area contributed by atoms with Crippen molar-refractivity contribution in [1.29, 1.82) is 0 Å². The molecule has 162 valence electrons. The van der Waals surface area contributed by atoms with E-state index in [1.807, 2.05) is 22.4 Å². The first kappa shape index (κ1) is 21.0. The van der Waals surface area contributed by atoms with E-state index in [0.717, 1.165) is 17.8 Å². The van der Waals surface area contributed by atoms with Crippen molar-refractivity contribution in [2.45, 2.75) is 31.8 Å². The fourth-order valence-corrected chi connectivity index (χ4v) is 4.29. The molecule has 0 radical (unpaired) electrons. The van der Waals surface area contributed by atoms with Gasteiger partial charge in [-0.25, -0.2) is 9.97 Å². The average Bonchev–Trinajstić information content (AvgIpc) is 3.33. The topological polar surface area (TPSA) is 97.4 Å². The molecule has 0 aliphatic carbocycles. The quantitative estimate of drug-likeness (QED) is 0.633. The molecule has 0 unspecified atom stereocenters. The first-order valence-electron chi connectivity index (χ1n) is 10.1. The summed E-state index contributed by atoms with van der Waals surface area (Å²) in [5.74, 6) is 1.96. The molecule has 31 heavy (non-hydrogen) atoms. The van der Waals surface area contributed by atoms with E-state index in [1.54, 1.807) is 32.4 Å². The summed E-state index contributed by atoms with van der Waals surface area (Å²) < 4.78 is 11.0. The zero-order chi connectivity index (χ0) is 21.8. The number of amides is 1. The number of hydrogen-bond donors (Lipinski definition) is 1. The van der Waals surface area contributed by atoms with Gasteiger partial charge in [0.15, 0.2) is 6.10 Å². The number of aromatic nitrogens is 3. The van der Waals surface area contributed by atoms with E-state index in [0.29, 0.717) is 36.1 Å². The summed E-state index contributed by atoms with van der Waals surface area (Å²) in [6.07, 6.45) is 2.54. The highest BCUT2D eigenvalue weighted by Gasteiger charge is 2.29. The molecule has 1 aliphatic rings. The van der Waals surface area contributed by atoms with Gasteiger partial charge in [-0.05, 0) is 31.9 Å². The molecule has 1 amide bonds. The van der Waals surface area contributed by atoms with Crippen LogP contribution in [0.25, 0.3) is 10.7 Å². The molecule has 4 rings (SSSR count). The lowest BCUT2D eigenvalue weighted by atomic mass is 9.95. The minimum Gasteiger partial charge on any atom is -0.497 e. The molecule has 1 N–H and O–H groups in total. The number of carbonyl (C=O) groups excluding carboxylic acids is 1. The van der Waals surface area contributed by atoms with Crippen molar-refractivity contribution in [3.8, 4) is 22.2 Å². The third-order valence-electron chi connectivity index (χ3n) is 5.31. The van der Waals surface area contributed by atoms with Crippen LogP contribution in [0.5, 0.6) is 11.5 Å². The van der Waals surface area contributed by atoms with Crippen LogP contribution in [-0.4, -0.2) is 52.1 Å². The summed E-state index contributed by atoms with van der Waals surface area (Å²) in [7, 11) is 1.59. The number of carbonyl (C=O) groups is 1. The van der Waals surface area contributed by atoms with E-state index in [1.165, 1.54) is 17.4 Å². The summed E-state index contributed by atoms with van der Waals surface area (Å²) in [6, 6.07) is 8.68. The van der Waals surface area contributed by atoms with E-state index >= 15 is 0 Å². The molecule has 1 saturated heterocycles. The van der Waals surface area contributed by atoms with Gasteiger partial charge in [0.1, 0.15) is 28.0 Å². The zero-order valence-corrected chi connectivity index (χ0v) is 18.2. The van der Waals surface area contributed by atoms with Gasteiger partial charge in [0, 0.05) is 42.7 Å². The Morgan fingerprint density at radius 1 is 1.26 bits per heavy atom. The Kier molecular flexibility index (Phi) is 6.31. The number of nitrogens with one attached hydrogen (secondary N) is 1. The molecule has 3 heterocycles. The molecule has 1 fully saturated rings. The smallest absolute Gasteiger partial charge is 0.263 e. The number of benzene rings is 1. The lowest BCUT2D eigenvalue weighted by Gasteiger charge is -2.33. The molecule has 0 saturated carbocycles. The van der Waals surface area contributed by atoms with Gasteiger partial charge in [0.05, 0.1) is 7.11 Å². The highest BCUT2D eigenvalue weighted by molar-refractivity contribution is 7.13. The average molecular weight is 441 g/mol. The van der Waals surface area contributed by atoms with Crippen molar-refractivity contribution in [1.82, 2.24) is 19.9 Å². The van der Waals surface area contributed by atoms with Gasteiger partial charge in [0.25, 0.3) is 11.5 Å². The van der Waals surface area contributed by atoms with Crippen molar-refractivity contribution in [2.75, 3.05) is 20.2 Å². The van der Waals surface area contributed by atoms with E-state index in [9.17, 15) is 9.59 Å². The number of rotatable bonds is 6. The number of H-pyrrole nitrogens is 1. The van der Waals surface area contributed by atoms with Crippen molar-refractivity contribution < 1.29 is 14.3 Å². The first-order chi connectivity index (χ1) is 15.0. The Morgan fingerprint density at radius 3 is 2.74 bits per heavy atom. The van der Waals surface area contributed by atoms with Crippen LogP contribution >= 0.6 is 11.3 Å². The second kappa shape index (κ2) is 9.30. The molecular weight excluding hydrogens is 416 g/mol. The summed E-state index contributed by atoms with van der Waals surface area (Å²) in [5, 5.41) is 2.58. The van der Waals surface area contributed by atoms with Crippen molar-refractivity contribution in [3.63, 3.8) is 0 Å². The van der Waals surface area contributed by atoms with Gasteiger partial charge in [-0.2, -0.15) is 0 Å². The minimum atomic E-state index is -0.602. The van der Waals surface area contributed by atoms with Crippen molar-refractivity contribution in [3.05, 3.63) is 58.1 Å². The van der Waals surface area contributed by atoms with Crippen LogP contribution in [0, 0.1) is 0 Å². The third kappa shape index (κ3) is 4.93. The van der Waals surface area contributed by atoms with Gasteiger partial charge in [-0.15, -0.1) is 11.3 Å². The molecule has 1 aliphatic heterocycles. The standard InChI is InChI=1S/C22H24N4O4S/c1-14(30-17-5-3-4-16(12-17)29-2)22(28)26-9-6-15(7-10-26)20-24-18(13-19(27)25-20)21-23-8-11-31-21/h3-5,8,11-15H,6-7,9-10H2,1-2H3,(H,24,25,27)/t14-/m1/s1. The second-order valence-electron chi connectivity index (χ2n) is 7.39. The van der Waals surface area contributed by atoms with Crippen molar-refractivity contribution >= 4 is 17.2 Å². The Morgan fingerprint density at radius 2 is 2.03 bits per heavy atom. The largest absolute Gasteiger partial charge is 0.497 e. The van der Waals surface area contributed by atoms with Crippen LogP contribution in [0.2, 0.25) is 0 Å². The number of likely N-dealkylation sites (tertiary alicyclic amines) is 1. The van der Waals surface area contributed by atoms with Gasteiger partial charge < -0.3 is 19.4 Å². The molecule has 0 spiro atoms. The predicted molar refractivity (Wildman–Crippen MR) is 118 cm³/mol. The summed E-state index contributed by atoms with van der Waals surface area (Å²) >= 11 is 1.45. The van der Waals surface area contributed by atoms with Crippen molar-refractivity contribution in [2.24, 2.45) is 0 Å². The summed E-state index contributed by atoms with van der Waals surface area (Å²) in [6.45, 7) is 2.92. The number of ether oxygens (including phenoxy) is 2. The number of piperidine rings is 1. The number of hydrogen-bond acceptors (Lipinski definition) is 7. The zero-order valence-electron chi connectivity index (χ0n) is 17.4. The van der Waals surface area contributed by atoms with E-state index < -0.39 is 6.10 Å². The summed E-state index contributed by atoms with van der Waals surface area (Å²) in [4.78, 5) is 38.5. The lowest BCUT2D eigenvalue weighted by molar-refractivity contribution is -0.139. The van der Waals surface area contributed by atoms with E-state index in [2.05, 4.69) is 15.0 Å². The second-order valence-corrected chi connectivity index (χ2v) is 8.29. The van der Waals surface area contributed by atoms with Crippen LogP contribution in [0.3, 0.4) is 0 Å². The Hall–Kier alpha value is -3.20. The third-order valence-corrected chi connectivity index (χ3v) is 6.10. The van der Waals surface area contributed by atoms with Gasteiger partial charge in [-0.1, -0.05) is 6.07 Å². The van der Waals surface area contributed by atoms with Crippen LogP contribution < -0.4 is 15.0 Å². The maximum absolute atomic E-state index is 12.9. The van der Waals surface area contributed by atoms with E-state index in [-0.39, 0.29) is 17.4 Å². The maximum Gasteiger partial charge on any atom is 0.263 e. The SMILES string of the molecule is COc1cccc(O[C@H](C)C(=O)N2CCC(c3nc(-c4nccs4)cc(=O)[nH]3)CC2)c1. The molecule has 1 aromatic carbocycles. The van der Waals surface area contributed by atoms with Gasteiger partial charge >= 0.3 is 0 Å². The number of nitrogens with zero attached hydrogens (tertiary/aromatic N) is 3. The molecule has 0 bridgehead atoms. The first-order valence-corrected chi connectivity index (χ1v) is 11.0. The minimum absolute atomic E-state index is 0.0562. The Bertz CT molecular complexity index is 1090. The molecule has 8 nitrogen and oxygen atoms in total. The lowest BCUT2D eigenvalue weighted by Crippen LogP contribution is -2.44.